The van der Waals surface area contributed by atoms with Crippen LogP contribution in [0.5, 0.6) is 0 Å². The normalized spacial score (nSPS) is 20.1. The minimum Gasteiger partial charge on any atom is -0.346 e. The molecule has 1 aliphatic heterocycles. The van der Waals surface area contributed by atoms with Gasteiger partial charge in [-0.25, -0.2) is 4.98 Å². The van der Waals surface area contributed by atoms with Crippen LogP contribution in [0.3, 0.4) is 0 Å². The van der Waals surface area contributed by atoms with Crippen molar-refractivity contribution in [3.63, 3.8) is 0 Å². The van der Waals surface area contributed by atoms with E-state index in [1.54, 1.807) is 0 Å². The van der Waals surface area contributed by atoms with Gasteiger partial charge in [0.25, 0.3) is 0 Å². The molecule has 1 atom stereocenters. The summed E-state index contributed by atoms with van der Waals surface area (Å²) in [6.45, 7) is 9.05. The lowest BCUT2D eigenvalue weighted by atomic mass is 10.1. The van der Waals surface area contributed by atoms with Crippen molar-refractivity contribution in [2.45, 2.75) is 26.2 Å². The molecule has 1 aromatic heterocycles. The van der Waals surface area contributed by atoms with Crippen molar-refractivity contribution in [1.82, 2.24) is 9.88 Å². The number of anilines is 1. The molecule has 0 saturated carbocycles. The molecular weight excluding hydrogens is 218 g/mol. The van der Waals surface area contributed by atoms with Gasteiger partial charge in [0.2, 0.25) is 0 Å². The zero-order chi connectivity index (χ0) is 11.5. The number of thiazole rings is 1. The topological polar surface area (TPSA) is 19.4 Å². The minimum atomic E-state index is 0.652. The van der Waals surface area contributed by atoms with Crippen LogP contribution in [0.15, 0.2) is 6.20 Å². The maximum absolute atomic E-state index is 4.56. The molecule has 0 radical (unpaired) electrons. The predicted octanol–water partition coefficient (Wildman–Crippen LogP) is 2.41. The molecule has 1 aromatic rings. The fourth-order valence-corrected chi connectivity index (χ4v) is 2.95. The number of rotatable bonds is 3. The van der Waals surface area contributed by atoms with Gasteiger partial charge in [-0.1, -0.05) is 13.8 Å². The molecule has 0 aliphatic carbocycles. The summed E-state index contributed by atoms with van der Waals surface area (Å²) in [6, 6.07) is 0. The fourth-order valence-electron chi connectivity index (χ4n) is 1.85. The van der Waals surface area contributed by atoms with E-state index in [2.05, 4.69) is 41.9 Å². The molecule has 0 amide bonds. The average molecular weight is 239 g/mol. The van der Waals surface area contributed by atoms with Crippen LogP contribution in [-0.4, -0.2) is 43.1 Å². The zero-order valence-electron chi connectivity index (χ0n) is 10.4. The summed E-state index contributed by atoms with van der Waals surface area (Å²) in [6.07, 6.45) is 3.26. The van der Waals surface area contributed by atoms with Crippen LogP contribution in [0.4, 0.5) is 5.13 Å². The quantitative estimate of drug-likeness (QED) is 0.807. The molecule has 1 unspecified atom stereocenters. The summed E-state index contributed by atoms with van der Waals surface area (Å²) in [7, 11) is 2.18. The van der Waals surface area contributed by atoms with Crippen molar-refractivity contribution < 1.29 is 0 Å². The molecule has 0 bridgehead atoms. The molecule has 1 saturated heterocycles. The van der Waals surface area contributed by atoms with Crippen LogP contribution in [0.2, 0.25) is 0 Å². The van der Waals surface area contributed by atoms with Gasteiger partial charge in [0, 0.05) is 37.3 Å². The number of hydrogen-bond acceptors (Lipinski definition) is 4. The predicted molar refractivity (Wildman–Crippen MR) is 70.5 cm³/mol. The summed E-state index contributed by atoms with van der Waals surface area (Å²) in [5.74, 6) is 0.652. The minimum absolute atomic E-state index is 0.652. The van der Waals surface area contributed by atoms with Gasteiger partial charge in [0.15, 0.2) is 5.13 Å². The highest BCUT2D eigenvalue weighted by molar-refractivity contribution is 7.15. The Kier molecular flexibility index (Phi) is 3.82. The Morgan fingerprint density at radius 2 is 2.06 bits per heavy atom. The van der Waals surface area contributed by atoms with Crippen LogP contribution < -0.4 is 4.90 Å². The molecule has 2 heterocycles. The number of likely N-dealkylation sites (N-methyl/N-ethyl adjacent to an activating group) is 1. The van der Waals surface area contributed by atoms with E-state index in [1.165, 1.54) is 16.4 Å². The van der Waals surface area contributed by atoms with Gasteiger partial charge in [0.1, 0.15) is 0 Å². The van der Waals surface area contributed by atoms with E-state index in [4.69, 9.17) is 0 Å². The Balaban J connectivity index is 2.01. The number of piperazine rings is 1. The number of hydrogen-bond donors (Lipinski definition) is 0. The summed E-state index contributed by atoms with van der Waals surface area (Å²) in [5, 5.41) is 1.21. The summed E-state index contributed by atoms with van der Waals surface area (Å²) in [5.41, 5.74) is 0. The first-order valence-electron chi connectivity index (χ1n) is 6.10. The first-order chi connectivity index (χ1) is 7.70. The summed E-state index contributed by atoms with van der Waals surface area (Å²) in [4.78, 5) is 10.8. The second-order valence-electron chi connectivity index (χ2n) is 4.64. The number of nitrogens with zero attached hydrogens (tertiary/aromatic N) is 3. The van der Waals surface area contributed by atoms with Crippen LogP contribution >= 0.6 is 11.3 Å². The fraction of sp³-hybridized carbons (Fsp3) is 0.750. The van der Waals surface area contributed by atoms with E-state index < -0.39 is 0 Å². The van der Waals surface area contributed by atoms with Gasteiger partial charge < -0.3 is 9.80 Å². The first-order valence-corrected chi connectivity index (χ1v) is 6.91. The van der Waals surface area contributed by atoms with Gasteiger partial charge in [-0.15, -0.1) is 11.3 Å². The summed E-state index contributed by atoms with van der Waals surface area (Å²) < 4.78 is 0. The van der Waals surface area contributed by atoms with E-state index in [-0.39, 0.29) is 0 Å². The van der Waals surface area contributed by atoms with E-state index in [0.29, 0.717) is 5.92 Å². The van der Waals surface area contributed by atoms with Crippen molar-refractivity contribution in [1.29, 1.82) is 0 Å². The highest BCUT2D eigenvalue weighted by Gasteiger charge is 2.17. The molecule has 4 heteroatoms. The largest absolute Gasteiger partial charge is 0.346 e. The van der Waals surface area contributed by atoms with Crippen LogP contribution in [0.1, 0.15) is 31.1 Å². The maximum Gasteiger partial charge on any atom is 0.185 e. The Morgan fingerprint density at radius 3 is 2.69 bits per heavy atom. The summed E-state index contributed by atoms with van der Waals surface area (Å²) >= 11 is 1.87. The van der Waals surface area contributed by atoms with Gasteiger partial charge in [0.05, 0.1) is 0 Å². The van der Waals surface area contributed by atoms with E-state index in [9.17, 15) is 0 Å². The van der Waals surface area contributed by atoms with Crippen LogP contribution in [-0.2, 0) is 0 Å². The molecule has 0 spiro atoms. The third kappa shape index (κ3) is 2.55. The molecular formula is C12H21N3S. The van der Waals surface area contributed by atoms with Gasteiger partial charge >= 0.3 is 0 Å². The van der Waals surface area contributed by atoms with Crippen molar-refractivity contribution in [2.24, 2.45) is 0 Å². The third-order valence-corrected chi connectivity index (χ3v) is 4.67. The van der Waals surface area contributed by atoms with Gasteiger partial charge in [-0.3, -0.25) is 0 Å². The van der Waals surface area contributed by atoms with E-state index in [0.717, 1.165) is 26.2 Å². The highest BCUT2D eigenvalue weighted by atomic mass is 32.1. The van der Waals surface area contributed by atoms with Crippen molar-refractivity contribution >= 4 is 16.5 Å². The second kappa shape index (κ2) is 5.15. The Labute approximate surface area is 102 Å². The Hall–Kier alpha value is -0.610. The monoisotopic (exact) mass is 239 g/mol. The third-order valence-electron chi connectivity index (χ3n) is 3.38. The van der Waals surface area contributed by atoms with Crippen LogP contribution in [0, 0.1) is 0 Å². The molecule has 90 valence electrons. The smallest absolute Gasteiger partial charge is 0.185 e. The Bertz CT molecular complexity index is 329. The van der Waals surface area contributed by atoms with E-state index in [1.807, 2.05) is 11.3 Å². The lowest BCUT2D eigenvalue weighted by molar-refractivity contribution is 0.313. The van der Waals surface area contributed by atoms with E-state index >= 15 is 0 Å². The average Bonchev–Trinajstić information content (AvgIpc) is 2.78. The Morgan fingerprint density at radius 1 is 1.38 bits per heavy atom. The molecule has 0 aromatic carbocycles. The highest BCUT2D eigenvalue weighted by Crippen LogP contribution is 2.30. The zero-order valence-corrected chi connectivity index (χ0v) is 11.3. The van der Waals surface area contributed by atoms with Crippen molar-refractivity contribution in [3.8, 4) is 0 Å². The maximum atomic E-state index is 4.56. The SMILES string of the molecule is CCC(C)c1cnc(N2CCN(C)CC2)s1. The van der Waals surface area contributed by atoms with Crippen LogP contribution in [0.25, 0.3) is 0 Å². The second-order valence-corrected chi connectivity index (χ2v) is 5.69. The lowest BCUT2D eigenvalue weighted by Gasteiger charge is -2.32. The molecule has 1 fully saturated rings. The molecule has 0 N–H and O–H groups in total. The van der Waals surface area contributed by atoms with Crippen molar-refractivity contribution in [3.05, 3.63) is 11.1 Å². The van der Waals surface area contributed by atoms with Crippen molar-refractivity contribution in [2.75, 3.05) is 38.1 Å². The van der Waals surface area contributed by atoms with Gasteiger partial charge in [-0.2, -0.15) is 0 Å². The molecule has 16 heavy (non-hydrogen) atoms. The standard InChI is InChI=1S/C12H21N3S/c1-4-10(2)11-9-13-12(16-11)15-7-5-14(3)6-8-15/h9-10H,4-8H2,1-3H3. The molecule has 2 rings (SSSR count). The first kappa shape index (κ1) is 11.9. The molecule has 3 nitrogen and oxygen atoms in total. The van der Waals surface area contributed by atoms with Gasteiger partial charge in [-0.05, 0) is 19.4 Å². The molecule has 1 aliphatic rings. The lowest BCUT2D eigenvalue weighted by Crippen LogP contribution is -2.44. The number of aromatic nitrogens is 1.